The van der Waals surface area contributed by atoms with Gasteiger partial charge in [0, 0.05) is 18.5 Å². The molecule has 0 aromatic carbocycles. The Labute approximate surface area is 92.3 Å². The maximum absolute atomic E-state index is 4.49. The average molecular weight is 207 g/mol. The van der Waals surface area contributed by atoms with Crippen molar-refractivity contribution in [3.63, 3.8) is 0 Å². The molecule has 2 aliphatic heterocycles. The molecular formula is C12H21N3. The molecule has 0 aromatic rings. The van der Waals surface area contributed by atoms with Gasteiger partial charge >= 0.3 is 0 Å². The van der Waals surface area contributed by atoms with Gasteiger partial charge in [0.25, 0.3) is 0 Å². The molecule has 84 valence electrons. The van der Waals surface area contributed by atoms with Gasteiger partial charge in [0.1, 0.15) is 0 Å². The van der Waals surface area contributed by atoms with Crippen LogP contribution in [0.5, 0.6) is 0 Å². The van der Waals surface area contributed by atoms with Gasteiger partial charge in [-0.15, -0.1) is 0 Å². The Hall–Kier alpha value is -0.830. The predicted molar refractivity (Wildman–Crippen MR) is 64.3 cm³/mol. The van der Waals surface area contributed by atoms with E-state index in [-0.39, 0.29) is 0 Å². The summed E-state index contributed by atoms with van der Waals surface area (Å²) < 4.78 is 0. The highest BCUT2D eigenvalue weighted by atomic mass is 15.1. The average Bonchev–Trinajstić information content (AvgIpc) is 2.36. The molecule has 0 amide bonds. The molecule has 1 spiro atoms. The van der Waals surface area contributed by atoms with Crippen LogP contribution in [-0.2, 0) is 0 Å². The Morgan fingerprint density at radius 2 is 2.13 bits per heavy atom. The van der Waals surface area contributed by atoms with Crippen LogP contribution in [-0.4, -0.2) is 44.5 Å². The number of nitrogens with zero attached hydrogens (tertiary/aromatic N) is 2. The maximum atomic E-state index is 4.49. The first-order valence-corrected chi connectivity index (χ1v) is 5.89. The third kappa shape index (κ3) is 2.81. The van der Waals surface area contributed by atoms with E-state index in [2.05, 4.69) is 34.4 Å². The van der Waals surface area contributed by atoms with Crippen molar-refractivity contribution in [2.24, 2.45) is 10.4 Å². The second-order valence-electron chi connectivity index (χ2n) is 4.78. The molecule has 0 bridgehead atoms. The van der Waals surface area contributed by atoms with Crippen molar-refractivity contribution in [1.29, 1.82) is 0 Å². The van der Waals surface area contributed by atoms with Gasteiger partial charge < -0.3 is 10.2 Å². The molecule has 3 heteroatoms. The molecule has 0 aromatic heterocycles. The third-order valence-corrected chi connectivity index (χ3v) is 3.50. The lowest BCUT2D eigenvalue weighted by atomic mass is 9.78. The first-order valence-electron chi connectivity index (χ1n) is 5.89. The predicted octanol–water partition coefficient (Wildman–Crippen LogP) is 1.28. The highest BCUT2D eigenvalue weighted by Crippen LogP contribution is 2.33. The van der Waals surface area contributed by atoms with Crippen LogP contribution in [0.3, 0.4) is 0 Å². The van der Waals surface area contributed by atoms with Crippen LogP contribution in [0, 0.1) is 5.41 Å². The Morgan fingerprint density at radius 1 is 1.33 bits per heavy atom. The lowest BCUT2D eigenvalue weighted by Crippen LogP contribution is -2.38. The standard InChI is InChI=1S/C12H21N3/c1-15-8-5-12(6-9-15)4-2-3-7-13-11-14-10-12/h2,4,11H,3,5-10H2,1H3,(H,13,14)/b4-2+. The van der Waals surface area contributed by atoms with Gasteiger partial charge in [0.15, 0.2) is 0 Å². The van der Waals surface area contributed by atoms with Crippen LogP contribution >= 0.6 is 0 Å². The molecule has 3 nitrogen and oxygen atoms in total. The van der Waals surface area contributed by atoms with Crippen molar-refractivity contribution >= 4 is 6.34 Å². The fourth-order valence-electron chi connectivity index (χ4n) is 2.30. The second kappa shape index (κ2) is 4.79. The highest BCUT2D eigenvalue weighted by molar-refractivity contribution is 5.54. The SMILES string of the molecule is CN1CCC2(/C=C/CCNC=NC2)CC1. The zero-order valence-electron chi connectivity index (χ0n) is 9.58. The van der Waals surface area contributed by atoms with Crippen molar-refractivity contribution < 1.29 is 0 Å². The summed E-state index contributed by atoms with van der Waals surface area (Å²) in [5, 5.41) is 3.20. The summed E-state index contributed by atoms with van der Waals surface area (Å²) in [7, 11) is 2.20. The van der Waals surface area contributed by atoms with Crippen LogP contribution in [0.15, 0.2) is 17.1 Å². The molecule has 1 saturated heterocycles. The molecular weight excluding hydrogens is 186 g/mol. The molecule has 0 saturated carbocycles. The van der Waals surface area contributed by atoms with E-state index in [1.807, 2.05) is 6.34 Å². The number of rotatable bonds is 0. The van der Waals surface area contributed by atoms with Crippen molar-refractivity contribution in [3.8, 4) is 0 Å². The minimum atomic E-state index is 0.342. The van der Waals surface area contributed by atoms with Gasteiger partial charge in [-0.25, -0.2) is 0 Å². The van der Waals surface area contributed by atoms with Gasteiger partial charge in [-0.05, 0) is 39.4 Å². The van der Waals surface area contributed by atoms with Crippen molar-refractivity contribution in [2.75, 3.05) is 33.2 Å². The van der Waals surface area contributed by atoms with Gasteiger partial charge in [-0.2, -0.15) is 0 Å². The van der Waals surface area contributed by atoms with E-state index in [1.165, 1.54) is 25.9 Å². The Morgan fingerprint density at radius 3 is 2.93 bits per heavy atom. The summed E-state index contributed by atoms with van der Waals surface area (Å²) in [6.45, 7) is 4.36. The number of likely N-dealkylation sites (tertiary alicyclic amines) is 1. The molecule has 0 unspecified atom stereocenters. The monoisotopic (exact) mass is 207 g/mol. The quantitative estimate of drug-likeness (QED) is 0.606. The number of piperidine rings is 1. The van der Waals surface area contributed by atoms with E-state index in [0.717, 1.165) is 19.5 Å². The fourth-order valence-corrected chi connectivity index (χ4v) is 2.30. The molecule has 0 atom stereocenters. The van der Waals surface area contributed by atoms with Crippen molar-refractivity contribution in [2.45, 2.75) is 19.3 Å². The maximum Gasteiger partial charge on any atom is 0.0824 e. The summed E-state index contributed by atoms with van der Waals surface area (Å²) in [5.74, 6) is 0. The van der Waals surface area contributed by atoms with Crippen molar-refractivity contribution in [1.82, 2.24) is 10.2 Å². The van der Waals surface area contributed by atoms with E-state index in [9.17, 15) is 0 Å². The summed E-state index contributed by atoms with van der Waals surface area (Å²) in [5.41, 5.74) is 0.342. The number of hydrogen-bond donors (Lipinski definition) is 1. The first-order chi connectivity index (χ1) is 7.31. The van der Waals surface area contributed by atoms with Gasteiger partial charge in [0.2, 0.25) is 0 Å². The molecule has 2 heterocycles. The largest absolute Gasteiger partial charge is 0.376 e. The molecule has 1 N–H and O–H groups in total. The summed E-state index contributed by atoms with van der Waals surface area (Å²) >= 11 is 0. The van der Waals surface area contributed by atoms with Gasteiger partial charge in [-0.1, -0.05) is 12.2 Å². The minimum absolute atomic E-state index is 0.342. The second-order valence-corrected chi connectivity index (χ2v) is 4.78. The lowest BCUT2D eigenvalue weighted by molar-refractivity contribution is 0.171. The van der Waals surface area contributed by atoms with Gasteiger partial charge in [0.05, 0.1) is 6.34 Å². The number of aliphatic imine (C=N–C) groups is 1. The summed E-state index contributed by atoms with van der Waals surface area (Å²) in [6.07, 6.45) is 10.2. The topological polar surface area (TPSA) is 27.6 Å². The minimum Gasteiger partial charge on any atom is -0.376 e. The van der Waals surface area contributed by atoms with Crippen LogP contribution in [0.25, 0.3) is 0 Å². The molecule has 1 fully saturated rings. The van der Waals surface area contributed by atoms with Crippen LogP contribution in [0.4, 0.5) is 0 Å². The van der Waals surface area contributed by atoms with E-state index < -0.39 is 0 Å². The Kier molecular flexibility index (Phi) is 3.41. The van der Waals surface area contributed by atoms with Crippen LogP contribution < -0.4 is 5.32 Å². The normalized spacial score (nSPS) is 28.9. The molecule has 0 radical (unpaired) electrons. The van der Waals surface area contributed by atoms with Crippen LogP contribution in [0.2, 0.25) is 0 Å². The van der Waals surface area contributed by atoms with E-state index >= 15 is 0 Å². The fraction of sp³-hybridized carbons (Fsp3) is 0.750. The van der Waals surface area contributed by atoms with E-state index in [1.54, 1.807) is 0 Å². The Balaban J connectivity index is 2.05. The third-order valence-electron chi connectivity index (χ3n) is 3.50. The van der Waals surface area contributed by atoms with E-state index in [4.69, 9.17) is 0 Å². The van der Waals surface area contributed by atoms with Crippen molar-refractivity contribution in [3.05, 3.63) is 12.2 Å². The highest BCUT2D eigenvalue weighted by Gasteiger charge is 2.30. The smallest absolute Gasteiger partial charge is 0.0824 e. The van der Waals surface area contributed by atoms with Crippen LogP contribution in [0.1, 0.15) is 19.3 Å². The summed E-state index contributed by atoms with van der Waals surface area (Å²) in [6, 6.07) is 0. The van der Waals surface area contributed by atoms with Gasteiger partial charge in [-0.3, -0.25) is 4.99 Å². The molecule has 0 aliphatic carbocycles. The number of hydrogen-bond acceptors (Lipinski definition) is 3. The zero-order valence-corrected chi connectivity index (χ0v) is 9.58. The molecule has 2 rings (SSSR count). The number of nitrogens with one attached hydrogen (secondary N) is 1. The first kappa shape index (κ1) is 10.7. The summed E-state index contributed by atoms with van der Waals surface area (Å²) in [4.78, 5) is 6.90. The Bertz CT molecular complexity index is 250. The molecule has 2 aliphatic rings. The van der Waals surface area contributed by atoms with E-state index in [0.29, 0.717) is 5.41 Å². The zero-order chi connectivity index (χ0) is 10.6. The lowest BCUT2D eigenvalue weighted by Gasteiger charge is -2.37. The molecule has 15 heavy (non-hydrogen) atoms.